The Morgan fingerprint density at radius 2 is 2.00 bits per heavy atom. The van der Waals surface area contributed by atoms with Crippen LogP contribution < -0.4 is 4.74 Å². The summed E-state index contributed by atoms with van der Waals surface area (Å²) in [6.07, 6.45) is 9.40. The summed E-state index contributed by atoms with van der Waals surface area (Å²) in [5.41, 5.74) is 2.15. The number of hydrogen-bond acceptors (Lipinski definition) is 5. The zero-order chi connectivity index (χ0) is 19.4. The second-order valence-electron chi connectivity index (χ2n) is 8.03. The maximum Gasteiger partial charge on any atom is 0.210 e. The molecule has 0 saturated carbocycles. The molecule has 2 heterocycles. The first-order chi connectivity index (χ1) is 13.7. The molecule has 28 heavy (non-hydrogen) atoms. The Morgan fingerprint density at radius 3 is 2.82 bits per heavy atom. The molecule has 2 atom stereocenters. The van der Waals surface area contributed by atoms with E-state index in [2.05, 4.69) is 12.1 Å². The molecule has 4 rings (SSSR count). The van der Waals surface area contributed by atoms with Gasteiger partial charge in [0.05, 0.1) is 11.7 Å². The molecule has 0 N–H and O–H groups in total. The van der Waals surface area contributed by atoms with Gasteiger partial charge in [0.15, 0.2) is 12.6 Å². The fourth-order valence-corrected chi connectivity index (χ4v) is 4.57. The highest BCUT2D eigenvalue weighted by atomic mass is 16.7. The van der Waals surface area contributed by atoms with Crippen LogP contribution in [0.1, 0.15) is 63.4 Å². The van der Waals surface area contributed by atoms with Crippen molar-refractivity contribution in [2.75, 3.05) is 13.9 Å². The van der Waals surface area contributed by atoms with Gasteiger partial charge in [0.25, 0.3) is 0 Å². The summed E-state index contributed by atoms with van der Waals surface area (Å²) >= 11 is 0. The van der Waals surface area contributed by atoms with E-state index in [1.807, 2.05) is 12.1 Å². The van der Waals surface area contributed by atoms with Crippen molar-refractivity contribution < 1.29 is 23.7 Å². The highest BCUT2D eigenvalue weighted by Gasteiger charge is 2.47. The molecule has 2 aliphatic heterocycles. The second kappa shape index (κ2) is 8.66. The van der Waals surface area contributed by atoms with Gasteiger partial charge < -0.3 is 18.9 Å². The normalized spacial score (nSPS) is 26.6. The van der Waals surface area contributed by atoms with E-state index in [1.165, 1.54) is 5.56 Å². The predicted molar refractivity (Wildman–Crippen MR) is 105 cm³/mol. The fourth-order valence-electron chi connectivity index (χ4n) is 4.57. The number of hydrogen-bond donors (Lipinski definition) is 0. The smallest absolute Gasteiger partial charge is 0.210 e. The van der Waals surface area contributed by atoms with Gasteiger partial charge in [-0.15, -0.1) is 0 Å². The summed E-state index contributed by atoms with van der Waals surface area (Å²) in [5.74, 6) is 1.49. The number of methoxy groups -OCH3 is 1. The summed E-state index contributed by atoms with van der Waals surface area (Å²) < 4.78 is 23.0. The minimum absolute atomic E-state index is 0.0371. The molecule has 1 aliphatic carbocycles. The highest BCUT2D eigenvalue weighted by Crippen LogP contribution is 2.46. The van der Waals surface area contributed by atoms with E-state index in [9.17, 15) is 4.79 Å². The number of allylic oxidation sites excluding steroid dienone is 1. The van der Waals surface area contributed by atoms with Gasteiger partial charge in [-0.2, -0.15) is 0 Å². The Kier molecular flexibility index (Phi) is 6.02. The maximum atomic E-state index is 12.3. The third-order valence-corrected chi connectivity index (χ3v) is 5.96. The van der Waals surface area contributed by atoms with Crippen LogP contribution in [0.15, 0.2) is 35.6 Å². The average molecular weight is 386 g/mol. The van der Waals surface area contributed by atoms with Crippen LogP contribution in [0.2, 0.25) is 0 Å². The van der Waals surface area contributed by atoms with E-state index in [4.69, 9.17) is 18.9 Å². The number of carbonyl (C=O) groups is 1. The molecule has 0 amide bonds. The first-order valence-electron chi connectivity index (χ1n) is 10.5. The topological polar surface area (TPSA) is 54.0 Å². The molecule has 0 radical (unpaired) electrons. The Balaban J connectivity index is 1.29. The monoisotopic (exact) mass is 386 g/mol. The highest BCUT2D eigenvalue weighted by molar-refractivity contribution is 5.97. The Labute approximate surface area is 167 Å². The molecule has 2 bridgehead atoms. The summed E-state index contributed by atoms with van der Waals surface area (Å²) in [6, 6.07) is 8.19. The molecule has 5 heteroatoms. The Hall–Kier alpha value is -1.85. The average Bonchev–Trinajstić information content (AvgIpc) is 2.70. The first kappa shape index (κ1) is 19.5. The third-order valence-electron chi connectivity index (χ3n) is 5.96. The molecule has 0 spiro atoms. The van der Waals surface area contributed by atoms with Gasteiger partial charge in [-0.3, -0.25) is 4.79 Å². The summed E-state index contributed by atoms with van der Waals surface area (Å²) in [4.78, 5) is 12.3. The number of benzene rings is 1. The molecular formula is C23H30O5. The summed E-state index contributed by atoms with van der Waals surface area (Å²) in [5, 5.41) is 0. The third kappa shape index (κ3) is 4.26. The summed E-state index contributed by atoms with van der Waals surface area (Å²) in [7, 11) is 1.62. The van der Waals surface area contributed by atoms with Crippen LogP contribution in [0.3, 0.4) is 0 Å². The van der Waals surface area contributed by atoms with Crippen molar-refractivity contribution in [2.45, 2.75) is 76.1 Å². The fraction of sp³-hybridized carbons (Fsp3) is 0.609. The van der Waals surface area contributed by atoms with E-state index in [-0.39, 0.29) is 18.7 Å². The van der Waals surface area contributed by atoms with Crippen molar-refractivity contribution in [1.82, 2.24) is 0 Å². The number of ketones is 1. The number of Topliss-reactive ketones (excluding diaryl/α,β-unsaturated/α-hetero) is 1. The summed E-state index contributed by atoms with van der Waals surface area (Å²) in [6.45, 7) is 0.270. The van der Waals surface area contributed by atoms with Crippen LogP contribution in [0.25, 0.3) is 0 Å². The number of ether oxygens (including phenoxy) is 4. The maximum absolute atomic E-state index is 12.3. The van der Waals surface area contributed by atoms with Crippen LogP contribution in [0.5, 0.6) is 5.75 Å². The SMILES string of the molecule is COCOc1ccc(CCCC[C@]23CCC[C@@H](O2)C2=C(CCCC2=O)O3)cc1. The van der Waals surface area contributed by atoms with E-state index >= 15 is 0 Å². The van der Waals surface area contributed by atoms with Crippen molar-refractivity contribution in [1.29, 1.82) is 0 Å². The first-order valence-corrected chi connectivity index (χ1v) is 10.5. The number of unbranched alkanes of at least 4 members (excludes halogenated alkanes) is 1. The molecule has 0 unspecified atom stereocenters. The van der Waals surface area contributed by atoms with Crippen LogP contribution in [-0.2, 0) is 25.4 Å². The van der Waals surface area contributed by atoms with Crippen LogP contribution in [0.4, 0.5) is 0 Å². The number of aryl methyl sites for hydroxylation is 1. The number of fused-ring (bicyclic) bond motifs is 3. The molecule has 1 aromatic rings. The van der Waals surface area contributed by atoms with Crippen LogP contribution in [-0.4, -0.2) is 31.6 Å². The van der Waals surface area contributed by atoms with Gasteiger partial charge in [-0.05, 0) is 56.2 Å². The van der Waals surface area contributed by atoms with Crippen molar-refractivity contribution >= 4 is 5.78 Å². The van der Waals surface area contributed by atoms with Gasteiger partial charge in [-0.1, -0.05) is 12.1 Å². The van der Waals surface area contributed by atoms with E-state index < -0.39 is 5.79 Å². The van der Waals surface area contributed by atoms with Crippen molar-refractivity contribution in [2.24, 2.45) is 0 Å². The number of rotatable bonds is 8. The minimum Gasteiger partial charge on any atom is -0.468 e. The van der Waals surface area contributed by atoms with Crippen LogP contribution in [0, 0.1) is 0 Å². The van der Waals surface area contributed by atoms with Gasteiger partial charge in [0, 0.05) is 32.8 Å². The lowest BCUT2D eigenvalue weighted by atomic mass is 9.84. The largest absolute Gasteiger partial charge is 0.468 e. The molecule has 1 aromatic carbocycles. The molecule has 152 valence electrons. The predicted octanol–water partition coefficient (Wildman–Crippen LogP) is 4.68. The van der Waals surface area contributed by atoms with Crippen molar-refractivity contribution in [3.8, 4) is 5.75 Å². The van der Waals surface area contributed by atoms with Gasteiger partial charge in [-0.25, -0.2) is 0 Å². The zero-order valence-electron chi connectivity index (χ0n) is 16.7. The zero-order valence-corrected chi connectivity index (χ0v) is 16.7. The van der Waals surface area contributed by atoms with Crippen molar-refractivity contribution in [3.63, 3.8) is 0 Å². The minimum atomic E-state index is -0.503. The molecule has 3 aliphatic rings. The molecule has 0 aromatic heterocycles. The Morgan fingerprint density at radius 1 is 1.14 bits per heavy atom. The lowest BCUT2D eigenvalue weighted by molar-refractivity contribution is -0.276. The lowest BCUT2D eigenvalue weighted by Crippen LogP contribution is -2.49. The van der Waals surface area contributed by atoms with Crippen molar-refractivity contribution in [3.05, 3.63) is 41.2 Å². The standard InChI is InChI=1S/C23H30O5/c1-25-16-26-18-12-10-17(11-13-18)6-2-3-14-23-15-5-9-21(28-23)22-19(24)7-4-8-20(22)27-23/h10-13,21H,2-9,14-16H2,1H3/t21-,23-/m1/s1. The van der Waals surface area contributed by atoms with E-state index in [1.54, 1.807) is 7.11 Å². The van der Waals surface area contributed by atoms with E-state index in [0.29, 0.717) is 6.42 Å². The number of carbonyl (C=O) groups excluding carboxylic acids is 1. The quantitative estimate of drug-likeness (QED) is 0.479. The van der Waals surface area contributed by atoms with Gasteiger partial charge in [0.1, 0.15) is 11.5 Å². The molecule has 1 saturated heterocycles. The molecule has 1 fully saturated rings. The Bertz CT molecular complexity index is 723. The second-order valence-corrected chi connectivity index (χ2v) is 8.03. The van der Waals surface area contributed by atoms with Crippen LogP contribution >= 0.6 is 0 Å². The van der Waals surface area contributed by atoms with Gasteiger partial charge in [0.2, 0.25) is 5.79 Å². The van der Waals surface area contributed by atoms with E-state index in [0.717, 1.165) is 74.9 Å². The lowest BCUT2D eigenvalue weighted by Gasteiger charge is -2.47. The molecule has 5 nitrogen and oxygen atoms in total. The molecular weight excluding hydrogens is 356 g/mol. The van der Waals surface area contributed by atoms with Gasteiger partial charge >= 0.3 is 0 Å².